The van der Waals surface area contributed by atoms with Gasteiger partial charge in [-0.05, 0) is 75.2 Å². The van der Waals surface area contributed by atoms with Gasteiger partial charge in [0.15, 0.2) is 0 Å². The first-order chi connectivity index (χ1) is 28.3. The molecule has 2 fully saturated rings. The average Bonchev–Trinajstić information content (AvgIpc) is 3.80. The first kappa shape index (κ1) is 51.5. The minimum absolute atomic E-state index is 0.00631. The number of nitrogens with zero attached hydrogens (tertiary/aromatic N) is 3. The van der Waals surface area contributed by atoms with E-state index >= 15 is 0 Å². The van der Waals surface area contributed by atoms with Crippen molar-refractivity contribution in [3.8, 4) is 0 Å². The van der Waals surface area contributed by atoms with Gasteiger partial charge in [0.05, 0.1) is 53.1 Å². The molecule has 0 unspecified atom stereocenters. The van der Waals surface area contributed by atoms with Crippen LogP contribution in [0.4, 0.5) is 13.2 Å². The van der Waals surface area contributed by atoms with Crippen molar-refractivity contribution in [1.29, 1.82) is 0 Å². The summed E-state index contributed by atoms with van der Waals surface area (Å²) in [4.78, 5) is 71.7. The van der Waals surface area contributed by atoms with Gasteiger partial charge in [0.1, 0.15) is 6.04 Å². The molecule has 19 heteroatoms. The molecule has 1 saturated carbocycles. The van der Waals surface area contributed by atoms with E-state index in [9.17, 15) is 45.6 Å². The molecule has 0 aromatic heterocycles. The van der Waals surface area contributed by atoms with Gasteiger partial charge in [-0.15, -0.1) is 0 Å². The molecule has 0 bridgehead atoms. The number of hydrogen-bond donors (Lipinski definition) is 3. The van der Waals surface area contributed by atoms with Crippen molar-refractivity contribution in [1.82, 2.24) is 30.1 Å². The number of amides is 5. The molecule has 2 aliphatic rings. The minimum atomic E-state index is -5.08. The van der Waals surface area contributed by atoms with Crippen molar-refractivity contribution in [3.63, 3.8) is 0 Å². The van der Waals surface area contributed by atoms with Crippen LogP contribution in [0.1, 0.15) is 92.6 Å². The van der Waals surface area contributed by atoms with E-state index in [1.807, 2.05) is 65.9 Å². The van der Waals surface area contributed by atoms with Crippen LogP contribution < -0.4 is 15.4 Å². The lowest BCUT2D eigenvalue weighted by molar-refractivity contribution is -0.174. The Balaban J connectivity index is 1.76. The molecule has 3 N–H and O–H groups in total. The third kappa shape index (κ3) is 12.4. The van der Waals surface area contributed by atoms with Crippen molar-refractivity contribution in [2.24, 2.45) is 23.7 Å². The normalized spacial score (nSPS) is 20.0. The van der Waals surface area contributed by atoms with E-state index < -0.39 is 75.8 Å². The molecule has 3 rings (SSSR count). The monoisotopic (exact) mass is 888 g/mol. The maximum atomic E-state index is 14.2. The Morgan fingerprint density at radius 1 is 0.918 bits per heavy atom. The van der Waals surface area contributed by atoms with Gasteiger partial charge in [-0.3, -0.25) is 28.9 Å². The number of carbonyl (C=O) groups is 5. The number of alkyl halides is 3. The summed E-state index contributed by atoms with van der Waals surface area (Å²) in [6.07, 6.45) is -4.66. The second kappa shape index (κ2) is 21.0. The maximum Gasteiger partial charge on any atom is 0.471 e. The van der Waals surface area contributed by atoms with Crippen molar-refractivity contribution in [2.75, 3.05) is 41.9 Å². The van der Waals surface area contributed by atoms with Gasteiger partial charge >= 0.3 is 12.1 Å². The van der Waals surface area contributed by atoms with E-state index in [1.54, 1.807) is 16.8 Å². The Labute approximate surface area is 359 Å². The van der Waals surface area contributed by atoms with E-state index in [0.717, 1.165) is 12.1 Å². The van der Waals surface area contributed by atoms with Gasteiger partial charge in [0, 0.05) is 27.8 Å². The van der Waals surface area contributed by atoms with Gasteiger partial charge < -0.3 is 29.9 Å². The summed E-state index contributed by atoms with van der Waals surface area (Å²) in [6.45, 7) is 13.4. The van der Waals surface area contributed by atoms with Crippen LogP contribution in [0.2, 0.25) is 0 Å². The summed E-state index contributed by atoms with van der Waals surface area (Å²) >= 11 is 0. The predicted molar refractivity (Wildman–Crippen MR) is 222 cm³/mol. The summed E-state index contributed by atoms with van der Waals surface area (Å²) in [5.74, 6) is -5.29. The fourth-order valence-electron chi connectivity index (χ4n) is 8.55. The smallest absolute Gasteiger partial charge is 0.379 e. The van der Waals surface area contributed by atoms with Crippen LogP contribution >= 0.6 is 0 Å². The molecule has 1 aliphatic heterocycles. The van der Waals surface area contributed by atoms with Crippen LogP contribution in [-0.4, -0.2) is 137 Å². The van der Waals surface area contributed by atoms with Gasteiger partial charge in [0.2, 0.25) is 23.6 Å². The number of nitrogens with one attached hydrogen (secondary N) is 3. The molecule has 15 nitrogen and oxygen atoms in total. The van der Waals surface area contributed by atoms with Crippen molar-refractivity contribution >= 4 is 39.6 Å². The van der Waals surface area contributed by atoms with Crippen LogP contribution in [0.15, 0.2) is 29.2 Å². The van der Waals surface area contributed by atoms with Gasteiger partial charge in [-0.25, -0.2) is 13.1 Å². The zero-order valence-electron chi connectivity index (χ0n) is 37.6. The average molecular weight is 889 g/mol. The van der Waals surface area contributed by atoms with E-state index in [2.05, 4.69) is 10.0 Å². The second-order valence-electron chi connectivity index (χ2n) is 17.5. The zero-order valence-corrected chi connectivity index (χ0v) is 38.4. The minimum Gasteiger partial charge on any atom is -0.379 e. The molecular formula is C42H67F3N6O9S. The Kier molecular flexibility index (Phi) is 17.8. The van der Waals surface area contributed by atoms with E-state index in [4.69, 9.17) is 9.47 Å². The summed E-state index contributed by atoms with van der Waals surface area (Å²) in [7, 11) is 3.69. The fourth-order valence-corrected chi connectivity index (χ4v) is 9.61. The predicted octanol–water partition coefficient (Wildman–Crippen LogP) is 3.81. The van der Waals surface area contributed by atoms with E-state index in [0.29, 0.717) is 31.4 Å². The molecule has 1 heterocycles. The first-order valence-electron chi connectivity index (χ1n) is 20.9. The topological polar surface area (TPSA) is 184 Å². The molecule has 1 aromatic carbocycles. The van der Waals surface area contributed by atoms with Crippen molar-refractivity contribution < 1.29 is 55.0 Å². The lowest BCUT2D eigenvalue weighted by atomic mass is 9.89. The number of carbonyl (C=O) groups excluding carboxylic acids is 5. The molecule has 1 aliphatic carbocycles. The summed E-state index contributed by atoms with van der Waals surface area (Å²) in [5, 5.41) is 4.97. The lowest BCUT2D eigenvalue weighted by Crippen LogP contribution is -2.59. The van der Waals surface area contributed by atoms with Gasteiger partial charge in [0.25, 0.3) is 10.0 Å². The first-order valence-corrected chi connectivity index (χ1v) is 22.4. The molecule has 5 amide bonds. The van der Waals surface area contributed by atoms with Crippen LogP contribution in [0, 0.1) is 23.7 Å². The van der Waals surface area contributed by atoms with Crippen molar-refractivity contribution in [3.05, 3.63) is 29.8 Å². The fraction of sp³-hybridized carbons (Fsp3) is 0.738. The van der Waals surface area contributed by atoms with Crippen LogP contribution in [0.5, 0.6) is 0 Å². The molecule has 0 spiro atoms. The van der Waals surface area contributed by atoms with Crippen LogP contribution in [-0.2, 0) is 49.0 Å². The van der Waals surface area contributed by atoms with E-state index in [1.165, 1.54) is 33.3 Å². The standard InChI is InChI=1S/C42H67F3N6O9S/c1-13-26(6)35(50(10)39(55)33(24(2)3)46-38(54)34(25(4)5)49(8)9)31(59-11)23-32(52)51-22-14-15-30(51)36(60-12)27(7)37(53)48-61(57,58)29-18-16-28(17-19-29)41(20-21-41)47-40(56)42(43,44)45/h16-19,24-27,30-31,33-36H,13-15,20-23H2,1-12H3,(H,46,54)(H,47,56)(H,48,53)/t26-,27+,30-,31-,33-,34-,35-,36+/m0/s1. The highest BCUT2D eigenvalue weighted by Gasteiger charge is 2.51. The Morgan fingerprint density at radius 2 is 1.51 bits per heavy atom. The third-order valence-electron chi connectivity index (χ3n) is 12.3. The number of hydrogen-bond acceptors (Lipinski definition) is 10. The highest BCUT2D eigenvalue weighted by atomic mass is 32.2. The summed E-state index contributed by atoms with van der Waals surface area (Å²) in [5.41, 5.74) is -0.962. The quantitative estimate of drug-likeness (QED) is 0.164. The van der Waals surface area contributed by atoms with Gasteiger partial charge in [-0.1, -0.05) is 67.0 Å². The third-order valence-corrected chi connectivity index (χ3v) is 13.6. The number of likely N-dealkylation sites (tertiary alicyclic amines) is 1. The summed E-state index contributed by atoms with van der Waals surface area (Å²) < 4.78 is 79.1. The lowest BCUT2D eigenvalue weighted by Gasteiger charge is -2.41. The molecule has 1 aromatic rings. The molecule has 346 valence electrons. The zero-order chi connectivity index (χ0) is 46.4. The molecule has 61 heavy (non-hydrogen) atoms. The summed E-state index contributed by atoms with van der Waals surface area (Å²) in [6, 6.07) is 2.44. The maximum absolute atomic E-state index is 14.2. The van der Waals surface area contributed by atoms with Crippen LogP contribution in [0.3, 0.4) is 0 Å². The Bertz CT molecular complexity index is 1800. The van der Waals surface area contributed by atoms with Gasteiger partial charge in [-0.2, -0.15) is 13.2 Å². The number of benzene rings is 1. The highest BCUT2D eigenvalue weighted by Crippen LogP contribution is 2.46. The highest BCUT2D eigenvalue weighted by molar-refractivity contribution is 7.90. The molecular weight excluding hydrogens is 822 g/mol. The molecule has 8 atom stereocenters. The van der Waals surface area contributed by atoms with Crippen LogP contribution in [0.25, 0.3) is 0 Å². The van der Waals surface area contributed by atoms with Crippen molar-refractivity contribution in [2.45, 2.75) is 140 Å². The molecule has 1 saturated heterocycles. The molecule has 0 radical (unpaired) electrons. The number of ether oxygens (including phenoxy) is 2. The van der Waals surface area contributed by atoms with E-state index in [-0.39, 0.29) is 59.6 Å². The Morgan fingerprint density at radius 3 is 1.97 bits per heavy atom. The number of rotatable bonds is 21. The number of methoxy groups -OCH3 is 2. The number of likely N-dealkylation sites (N-methyl/N-ethyl adjacent to an activating group) is 2. The largest absolute Gasteiger partial charge is 0.471 e. The number of halogens is 3. The number of sulfonamides is 1. The Hall–Kier alpha value is -3.81. The second-order valence-corrected chi connectivity index (χ2v) is 19.2. The SMILES string of the molecule is CC[C@H](C)[C@@H]([C@H](CC(=O)N1CCC[C@H]1[C@H](OC)[C@@H](C)C(=O)NS(=O)(=O)c1ccc(C2(NC(=O)C(F)(F)F)CC2)cc1)OC)N(C)C(=O)[C@@H](NC(=O)[C@H](C(C)C)N(C)C)C(C)C.